The third kappa shape index (κ3) is 2.16. The Balaban J connectivity index is 1.78. The summed E-state index contributed by atoms with van der Waals surface area (Å²) in [6.45, 7) is 1.88. The molecule has 10 nitrogen and oxygen atoms in total. The molecule has 3 aliphatic rings. The Morgan fingerprint density at radius 1 is 1.03 bits per heavy atom. The van der Waals surface area contributed by atoms with Crippen LogP contribution in [0.3, 0.4) is 0 Å². The lowest BCUT2D eigenvalue weighted by Crippen LogP contribution is -2.59. The van der Waals surface area contributed by atoms with Crippen molar-refractivity contribution in [3.63, 3.8) is 0 Å². The first-order valence-corrected chi connectivity index (χ1v) is 12.1. The van der Waals surface area contributed by atoms with Crippen molar-refractivity contribution in [2.24, 2.45) is 5.73 Å². The molecule has 0 aliphatic carbocycles. The maximum Gasteiger partial charge on any atom is 0.259 e. The van der Waals surface area contributed by atoms with Crippen molar-refractivity contribution in [2.45, 2.75) is 37.4 Å². The molecule has 4 atom stereocenters. The molecule has 5 heterocycles. The second kappa shape index (κ2) is 6.41. The van der Waals surface area contributed by atoms with Gasteiger partial charge in [0.05, 0.1) is 38.6 Å². The van der Waals surface area contributed by atoms with Crippen LogP contribution in [0.5, 0.6) is 11.5 Å². The summed E-state index contributed by atoms with van der Waals surface area (Å²) >= 11 is 0. The molecule has 186 valence electrons. The summed E-state index contributed by atoms with van der Waals surface area (Å²) in [7, 11) is 1.58. The number of aromatic hydroxyl groups is 2. The predicted octanol–water partition coefficient (Wildman–Crippen LogP) is 3.14. The highest BCUT2D eigenvalue weighted by molar-refractivity contribution is 6.40. The van der Waals surface area contributed by atoms with E-state index in [0.29, 0.717) is 33.7 Å². The van der Waals surface area contributed by atoms with Gasteiger partial charge in [-0.05, 0) is 25.1 Å². The third-order valence-corrected chi connectivity index (χ3v) is 8.40. The highest BCUT2D eigenvalue weighted by atomic mass is 16.6. The minimum Gasteiger partial charge on any atom is -0.504 e. The van der Waals surface area contributed by atoms with Crippen LogP contribution in [-0.2, 0) is 15.2 Å². The van der Waals surface area contributed by atoms with Crippen LogP contribution >= 0.6 is 0 Å². The van der Waals surface area contributed by atoms with E-state index in [2.05, 4.69) is 5.32 Å². The highest BCUT2D eigenvalue weighted by Crippen LogP contribution is 2.55. The van der Waals surface area contributed by atoms with E-state index < -0.39 is 35.9 Å². The fourth-order valence-electron chi connectivity index (χ4n) is 7.14. The van der Waals surface area contributed by atoms with Crippen LogP contribution in [0.2, 0.25) is 0 Å². The summed E-state index contributed by atoms with van der Waals surface area (Å²) in [6.07, 6.45) is -0.607. The van der Waals surface area contributed by atoms with Crippen molar-refractivity contribution >= 4 is 55.4 Å². The summed E-state index contributed by atoms with van der Waals surface area (Å²) < 4.78 is 16.7. The SMILES string of the molecule is CO[C@@H]1[C@H](N)C[C@@H]2O[C@@]1(C)n1c3ccc(O)c(O)c3c3c4c(c5c6ccccc6n2c5c31)C(=O)NC4=O. The molecule has 37 heavy (non-hydrogen) atoms. The average molecular weight is 498 g/mol. The average Bonchev–Trinajstić information content (AvgIpc) is 3.46. The first kappa shape index (κ1) is 21.0. The maximum absolute atomic E-state index is 13.3. The Labute approximate surface area is 208 Å². The molecule has 3 aliphatic heterocycles. The second-order valence-electron chi connectivity index (χ2n) is 10.2. The molecule has 2 bridgehead atoms. The molecule has 8 rings (SSSR count). The maximum atomic E-state index is 13.3. The Kier molecular flexibility index (Phi) is 3.64. The topological polar surface area (TPSA) is 141 Å². The number of fused-ring (bicyclic) bond motifs is 13. The van der Waals surface area contributed by atoms with Crippen molar-refractivity contribution < 1.29 is 29.3 Å². The van der Waals surface area contributed by atoms with Crippen LogP contribution in [0.25, 0.3) is 43.6 Å². The number of para-hydroxylation sites is 1. The molecular weight excluding hydrogens is 476 g/mol. The van der Waals surface area contributed by atoms with E-state index in [4.69, 9.17) is 15.2 Å². The number of hydrogen-bond donors (Lipinski definition) is 4. The number of hydrogen-bond acceptors (Lipinski definition) is 7. The molecule has 1 saturated heterocycles. The normalized spacial score (nSPS) is 26.5. The van der Waals surface area contributed by atoms with Crippen LogP contribution in [-0.4, -0.2) is 50.4 Å². The Morgan fingerprint density at radius 2 is 1.76 bits per heavy atom. The number of amides is 2. The third-order valence-electron chi connectivity index (χ3n) is 8.40. The van der Waals surface area contributed by atoms with Crippen molar-refractivity contribution in [3.05, 3.63) is 47.5 Å². The first-order valence-electron chi connectivity index (χ1n) is 12.1. The standard InChI is InChI=1S/C27H22N4O6/c1-27-24(36-2)11(28)9-15(37-27)30-12-6-4-3-5-10(12)16-19-20(26(35)29-25(19)34)18-17-13(7-8-14(32)23(17)33)31(27)22(18)21(16)30/h3-8,11,15,24,32-33H,9,28H2,1-2H3,(H,29,34,35)/t11-,15+,24-,27-/m1/s1. The van der Waals surface area contributed by atoms with Crippen molar-refractivity contribution in [2.75, 3.05) is 7.11 Å². The number of aromatic nitrogens is 2. The van der Waals surface area contributed by atoms with Gasteiger partial charge in [-0.25, -0.2) is 0 Å². The van der Waals surface area contributed by atoms with Crippen molar-refractivity contribution in [1.29, 1.82) is 0 Å². The molecule has 1 fully saturated rings. The first-order chi connectivity index (χ1) is 17.8. The Bertz CT molecular complexity index is 1920. The number of ether oxygens (including phenoxy) is 2. The number of methoxy groups -OCH3 is 1. The number of imide groups is 1. The predicted molar refractivity (Wildman–Crippen MR) is 135 cm³/mol. The molecule has 2 amide bonds. The van der Waals surface area contributed by atoms with E-state index in [-0.39, 0.29) is 28.0 Å². The van der Waals surface area contributed by atoms with E-state index in [0.717, 1.165) is 10.9 Å². The Hall–Kier alpha value is -4.12. The van der Waals surface area contributed by atoms with E-state index in [1.807, 2.05) is 40.3 Å². The molecule has 5 aromatic rings. The van der Waals surface area contributed by atoms with Gasteiger partial charge < -0.3 is 34.6 Å². The highest BCUT2D eigenvalue weighted by Gasteiger charge is 2.53. The van der Waals surface area contributed by atoms with Crippen LogP contribution < -0.4 is 11.1 Å². The van der Waals surface area contributed by atoms with Gasteiger partial charge in [-0.2, -0.15) is 0 Å². The lowest BCUT2D eigenvalue weighted by Gasteiger charge is -2.47. The van der Waals surface area contributed by atoms with Crippen LogP contribution in [0.4, 0.5) is 0 Å². The number of nitrogens with one attached hydrogen (secondary N) is 1. The molecule has 5 N–H and O–H groups in total. The van der Waals surface area contributed by atoms with Gasteiger partial charge in [0.25, 0.3) is 11.8 Å². The van der Waals surface area contributed by atoms with Crippen molar-refractivity contribution in [3.8, 4) is 11.5 Å². The van der Waals surface area contributed by atoms with Gasteiger partial charge in [0, 0.05) is 35.7 Å². The summed E-state index contributed by atoms with van der Waals surface area (Å²) in [5.74, 6) is -1.78. The summed E-state index contributed by atoms with van der Waals surface area (Å²) in [5.41, 5.74) is 8.62. The van der Waals surface area contributed by atoms with Gasteiger partial charge in [0.15, 0.2) is 17.2 Å². The monoisotopic (exact) mass is 498 g/mol. The molecule has 3 aromatic carbocycles. The molecule has 0 spiro atoms. The minimum absolute atomic E-state index is 0.165. The molecule has 10 heteroatoms. The molecule has 0 unspecified atom stereocenters. The fraction of sp³-hybridized carbons (Fsp3) is 0.259. The quantitative estimate of drug-likeness (QED) is 0.206. The molecule has 0 saturated carbocycles. The van der Waals surface area contributed by atoms with E-state index in [1.165, 1.54) is 6.07 Å². The van der Waals surface area contributed by atoms with Gasteiger partial charge in [-0.1, -0.05) is 18.2 Å². The van der Waals surface area contributed by atoms with Gasteiger partial charge in [-0.15, -0.1) is 0 Å². The summed E-state index contributed by atoms with van der Waals surface area (Å²) in [5, 5.41) is 26.2. The van der Waals surface area contributed by atoms with E-state index in [9.17, 15) is 19.8 Å². The number of nitrogens with zero attached hydrogens (tertiary/aromatic N) is 2. The van der Waals surface area contributed by atoms with E-state index >= 15 is 0 Å². The lowest BCUT2D eigenvalue weighted by atomic mass is 9.93. The largest absolute Gasteiger partial charge is 0.504 e. The molecule has 2 aromatic heterocycles. The number of phenols is 2. The van der Waals surface area contributed by atoms with Crippen LogP contribution in [0.15, 0.2) is 36.4 Å². The lowest BCUT2D eigenvalue weighted by molar-refractivity contribution is -0.252. The number of phenolic OH excluding ortho intramolecular Hbond substituents is 2. The van der Waals surface area contributed by atoms with E-state index in [1.54, 1.807) is 13.2 Å². The zero-order chi connectivity index (χ0) is 25.5. The number of benzene rings is 3. The number of carbonyl (C=O) groups is 2. The van der Waals surface area contributed by atoms with Crippen molar-refractivity contribution in [1.82, 2.24) is 14.5 Å². The smallest absolute Gasteiger partial charge is 0.259 e. The van der Waals surface area contributed by atoms with Gasteiger partial charge in [0.2, 0.25) is 0 Å². The number of nitrogens with two attached hydrogens (primary N) is 1. The number of carbonyl (C=O) groups excluding carboxylic acids is 2. The molecular formula is C27H22N4O6. The van der Waals surface area contributed by atoms with Crippen LogP contribution in [0, 0.1) is 0 Å². The summed E-state index contributed by atoms with van der Waals surface area (Å²) in [4.78, 5) is 26.6. The second-order valence-corrected chi connectivity index (χ2v) is 10.2. The van der Waals surface area contributed by atoms with Gasteiger partial charge in [0.1, 0.15) is 12.3 Å². The van der Waals surface area contributed by atoms with Crippen LogP contribution in [0.1, 0.15) is 40.3 Å². The summed E-state index contributed by atoms with van der Waals surface area (Å²) in [6, 6.07) is 10.3. The van der Waals surface area contributed by atoms with Gasteiger partial charge >= 0.3 is 0 Å². The zero-order valence-electron chi connectivity index (χ0n) is 19.9. The van der Waals surface area contributed by atoms with Gasteiger partial charge in [-0.3, -0.25) is 14.9 Å². The zero-order valence-corrected chi connectivity index (χ0v) is 19.9. The fourth-order valence-corrected chi connectivity index (χ4v) is 7.14. The number of rotatable bonds is 1. The minimum atomic E-state index is -1.15. The Morgan fingerprint density at radius 3 is 2.51 bits per heavy atom. The molecule has 0 radical (unpaired) electrons.